The molecule has 2 aliphatic heterocycles. The molecule has 5 rings (SSSR count). The van der Waals surface area contributed by atoms with E-state index in [9.17, 15) is 19.5 Å². The number of nitrogens with one attached hydrogen (secondary N) is 1. The Balaban J connectivity index is 1.43. The molecule has 158 valence electrons. The van der Waals surface area contributed by atoms with E-state index >= 15 is 0 Å². The highest BCUT2D eigenvalue weighted by atomic mass is 16.4. The third-order valence-corrected chi connectivity index (χ3v) is 6.56. The number of amides is 2. The van der Waals surface area contributed by atoms with Gasteiger partial charge in [-0.25, -0.2) is 0 Å². The number of carboxylic acid groups (broad SMARTS) is 1. The first-order valence-electron chi connectivity index (χ1n) is 10.3. The summed E-state index contributed by atoms with van der Waals surface area (Å²) in [6.45, 7) is 2.46. The fourth-order valence-corrected chi connectivity index (χ4v) is 5.08. The van der Waals surface area contributed by atoms with Crippen LogP contribution in [0.1, 0.15) is 34.3 Å². The van der Waals surface area contributed by atoms with Gasteiger partial charge in [0, 0.05) is 29.7 Å². The minimum Gasteiger partial charge on any atom is -0.480 e. The maximum Gasteiger partial charge on any atom is 0.323 e. The SMILES string of the molecule is Cc1cccc2c1C1(CCN(C(=O)c3ccc4[nH]ncc4c3)CC1)C(=O)N2CC(=O)O. The van der Waals surface area contributed by atoms with E-state index in [4.69, 9.17) is 0 Å². The number of H-pyrrole nitrogens is 1. The van der Waals surface area contributed by atoms with Crippen molar-refractivity contribution in [2.45, 2.75) is 25.2 Å². The van der Waals surface area contributed by atoms with Gasteiger partial charge in [0.25, 0.3) is 5.91 Å². The lowest BCUT2D eigenvalue weighted by Gasteiger charge is -2.39. The van der Waals surface area contributed by atoms with Gasteiger partial charge in [-0.3, -0.25) is 19.5 Å². The van der Waals surface area contributed by atoms with Gasteiger partial charge < -0.3 is 14.9 Å². The normalized spacial score (nSPS) is 17.4. The molecule has 3 aromatic rings. The quantitative estimate of drug-likeness (QED) is 0.680. The van der Waals surface area contributed by atoms with Crippen molar-refractivity contribution in [1.29, 1.82) is 0 Å². The molecule has 8 heteroatoms. The summed E-state index contributed by atoms with van der Waals surface area (Å²) in [5.74, 6) is -1.29. The van der Waals surface area contributed by atoms with Crippen molar-refractivity contribution in [2.24, 2.45) is 0 Å². The van der Waals surface area contributed by atoms with Crippen LogP contribution in [0.2, 0.25) is 0 Å². The molecule has 1 spiro atoms. The number of likely N-dealkylation sites (tertiary alicyclic amines) is 1. The number of rotatable bonds is 3. The number of anilines is 1. The van der Waals surface area contributed by atoms with E-state index in [2.05, 4.69) is 10.2 Å². The van der Waals surface area contributed by atoms with Crippen molar-refractivity contribution >= 4 is 34.4 Å². The average Bonchev–Trinajstić information content (AvgIpc) is 3.31. The van der Waals surface area contributed by atoms with Crippen LogP contribution in [0.3, 0.4) is 0 Å². The summed E-state index contributed by atoms with van der Waals surface area (Å²) in [6.07, 6.45) is 2.63. The van der Waals surface area contributed by atoms with Gasteiger partial charge in [0.1, 0.15) is 6.54 Å². The number of hydrogen-bond acceptors (Lipinski definition) is 4. The summed E-state index contributed by atoms with van der Waals surface area (Å²) in [4.78, 5) is 41.1. The van der Waals surface area contributed by atoms with Crippen molar-refractivity contribution in [3.05, 3.63) is 59.3 Å². The number of aliphatic carboxylic acids is 1. The molecule has 0 bridgehead atoms. The van der Waals surface area contributed by atoms with Crippen LogP contribution in [-0.2, 0) is 15.0 Å². The maximum absolute atomic E-state index is 13.4. The summed E-state index contributed by atoms with van der Waals surface area (Å²) in [6, 6.07) is 11.1. The lowest BCUT2D eigenvalue weighted by molar-refractivity contribution is -0.137. The van der Waals surface area contributed by atoms with Crippen LogP contribution in [0.25, 0.3) is 10.9 Å². The smallest absolute Gasteiger partial charge is 0.323 e. The van der Waals surface area contributed by atoms with Crippen LogP contribution in [-0.4, -0.2) is 57.6 Å². The molecule has 2 N–H and O–H groups in total. The van der Waals surface area contributed by atoms with E-state index in [1.165, 1.54) is 4.90 Å². The number of carbonyl (C=O) groups excluding carboxylic acids is 2. The number of aromatic nitrogens is 2. The van der Waals surface area contributed by atoms with E-state index < -0.39 is 11.4 Å². The standard InChI is InChI=1S/C23H22N4O4/c1-14-3-2-4-18-20(14)23(22(31)27(18)13-19(28)29)7-9-26(10-8-23)21(30)15-5-6-17-16(11-15)12-24-25-17/h2-6,11-12H,7-10,13H2,1H3,(H,24,25)(H,28,29). The Morgan fingerprint density at radius 2 is 1.97 bits per heavy atom. The molecule has 2 amide bonds. The largest absolute Gasteiger partial charge is 0.480 e. The van der Waals surface area contributed by atoms with E-state index in [0.29, 0.717) is 37.2 Å². The Morgan fingerprint density at radius 3 is 2.71 bits per heavy atom. The van der Waals surface area contributed by atoms with Crippen LogP contribution in [0.5, 0.6) is 0 Å². The number of aromatic amines is 1. The summed E-state index contributed by atoms with van der Waals surface area (Å²) in [5.41, 5.74) is 3.25. The zero-order chi connectivity index (χ0) is 21.8. The number of aryl methyl sites for hydroxylation is 1. The van der Waals surface area contributed by atoms with Gasteiger partial charge in [-0.1, -0.05) is 12.1 Å². The van der Waals surface area contributed by atoms with Crippen LogP contribution >= 0.6 is 0 Å². The molecule has 1 saturated heterocycles. The molecule has 0 atom stereocenters. The third-order valence-electron chi connectivity index (χ3n) is 6.56. The number of fused-ring (bicyclic) bond motifs is 3. The Labute approximate surface area is 178 Å². The topological polar surface area (TPSA) is 107 Å². The van der Waals surface area contributed by atoms with Gasteiger partial charge in [-0.05, 0) is 55.2 Å². The van der Waals surface area contributed by atoms with Gasteiger partial charge in [-0.2, -0.15) is 5.10 Å². The van der Waals surface area contributed by atoms with Gasteiger partial charge in [0.05, 0.1) is 17.1 Å². The number of piperidine rings is 1. The van der Waals surface area contributed by atoms with Gasteiger partial charge in [0.2, 0.25) is 5.91 Å². The average molecular weight is 418 g/mol. The number of carbonyl (C=O) groups is 3. The second kappa shape index (κ2) is 6.94. The monoisotopic (exact) mass is 418 g/mol. The second-order valence-corrected chi connectivity index (χ2v) is 8.30. The Kier molecular flexibility index (Phi) is 4.32. The molecule has 8 nitrogen and oxygen atoms in total. The molecule has 1 aromatic heterocycles. The Hall–Kier alpha value is -3.68. The number of hydrogen-bond donors (Lipinski definition) is 2. The molecule has 0 saturated carbocycles. The predicted molar refractivity (Wildman–Crippen MR) is 114 cm³/mol. The Bertz CT molecular complexity index is 1220. The molecular weight excluding hydrogens is 396 g/mol. The molecule has 0 radical (unpaired) electrons. The summed E-state index contributed by atoms with van der Waals surface area (Å²) >= 11 is 0. The first-order valence-corrected chi connectivity index (χ1v) is 10.3. The number of benzene rings is 2. The molecule has 3 heterocycles. The molecule has 31 heavy (non-hydrogen) atoms. The lowest BCUT2D eigenvalue weighted by atomic mass is 9.72. The molecule has 2 aromatic carbocycles. The summed E-state index contributed by atoms with van der Waals surface area (Å²) < 4.78 is 0. The van der Waals surface area contributed by atoms with Crippen molar-refractivity contribution in [2.75, 3.05) is 24.5 Å². The fraction of sp³-hybridized carbons (Fsp3) is 0.304. The first-order chi connectivity index (χ1) is 14.9. The van der Waals surface area contributed by atoms with Crippen LogP contribution < -0.4 is 4.90 Å². The first kappa shape index (κ1) is 19.3. The summed E-state index contributed by atoms with van der Waals surface area (Å²) in [7, 11) is 0. The van der Waals surface area contributed by atoms with Gasteiger partial charge in [0.15, 0.2) is 0 Å². The van der Waals surface area contributed by atoms with E-state index in [0.717, 1.165) is 22.0 Å². The second-order valence-electron chi connectivity index (χ2n) is 8.30. The van der Waals surface area contributed by atoms with Crippen molar-refractivity contribution in [3.8, 4) is 0 Å². The number of nitrogens with zero attached hydrogens (tertiary/aromatic N) is 3. The minimum absolute atomic E-state index is 0.0733. The highest BCUT2D eigenvalue weighted by Crippen LogP contribution is 2.49. The summed E-state index contributed by atoms with van der Waals surface area (Å²) in [5, 5.41) is 17.1. The highest BCUT2D eigenvalue weighted by molar-refractivity contribution is 6.11. The van der Waals surface area contributed by atoms with Crippen molar-refractivity contribution in [3.63, 3.8) is 0 Å². The van der Waals surface area contributed by atoms with E-state index in [-0.39, 0.29) is 18.4 Å². The number of carboxylic acids is 1. The predicted octanol–water partition coefficient (Wildman–Crippen LogP) is 2.48. The highest BCUT2D eigenvalue weighted by Gasteiger charge is 2.53. The molecule has 0 aliphatic carbocycles. The van der Waals surface area contributed by atoms with Gasteiger partial charge in [-0.15, -0.1) is 0 Å². The fourth-order valence-electron chi connectivity index (χ4n) is 5.08. The molecule has 1 fully saturated rings. The van der Waals surface area contributed by atoms with Gasteiger partial charge >= 0.3 is 5.97 Å². The third kappa shape index (κ3) is 2.90. The zero-order valence-corrected chi connectivity index (χ0v) is 17.1. The Morgan fingerprint density at radius 1 is 1.19 bits per heavy atom. The van der Waals surface area contributed by atoms with Crippen LogP contribution in [0.15, 0.2) is 42.6 Å². The lowest BCUT2D eigenvalue weighted by Crippen LogP contribution is -2.50. The van der Waals surface area contributed by atoms with Crippen LogP contribution in [0, 0.1) is 6.92 Å². The molecule has 2 aliphatic rings. The van der Waals surface area contributed by atoms with Crippen molar-refractivity contribution in [1.82, 2.24) is 15.1 Å². The van der Waals surface area contributed by atoms with E-state index in [1.54, 1.807) is 17.2 Å². The van der Waals surface area contributed by atoms with E-state index in [1.807, 2.05) is 37.3 Å². The maximum atomic E-state index is 13.4. The molecule has 0 unspecified atom stereocenters. The van der Waals surface area contributed by atoms with Crippen LogP contribution in [0.4, 0.5) is 5.69 Å². The molecular formula is C23H22N4O4. The zero-order valence-electron chi connectivity index (χ0n) is 17.1. The minimum atomic E-state index is -1.04. The van der Waals surface area contributed by atoms with Crippen molar-refractivity contribution < 1.29 is 19.5 Å².